The SMILES string of the molecule is C[C@H]1OCCN[C@@H]1C(=O)NCC(=O)Nc1ccc(F)c(F)c1F. The van der Waals surface area contributed by atoms with E-state index in [1.165, 1.54) is 0 Å². The van der Waals surface area contributed by atoms with Crippen molar-refractivity contribution in [2.75, 3.05) is 25.0 Å². The van der Waals surface area contributed by atoms with Crippen molar-refractivity contribution in [3.63, 3.8) is 0 Å². The topological polar surface area (TPSA) is 79.5 Å². The van der Waals surface area contributed by atoms with E-state index in [4.69, 9.17) is 4.74 Å². The predicted molar refractivity (Wildman–Crippen MR) is 75.2 cm³/mol. The Morgan fingerprint density at radius 3 is 2.74 bits per heavy atom. The van der Waals surface area contributed by atoms with Crippen LogP contribution in [0.25, 0.3) is 0 Å². The first kappa shape index (κ1) is 17.2. The van der Waals surface area contributed by atoms with Gasteiger partial charge >= 0.3 is 0 Å². The molecule has 1 saturated heterocycles. The van der Waals surface area contributed by atoms with E-state index in [0.717, 1.165) is 6.07 Å². The first-order chi connectivity index (χ1) is 10.9. The molecule has 1 aliphatic heterocycles. The number of carbonyl (C=O) groups is 2. The zero-order valence-corrected chi connectivity index (χ0v) is 12.3. The van der Waals surface area contributed by atoms with Gasteiger partial charge in [0, 0.05) is 6.54 Å². The van der Waals surface area contributed by atoms with E-state index in [0.29, 0.717) is 19.2 Å². The Morgan fingerprint density at radius 1 is 1.30 bits per heavy atom. The molecule has 23 heavy (non-hydrogen) atoms. The molecule has 2 atom stereocenters. The summed E-state index contributed by atoms with van der Waals surface area (Å²) in [7, 11) is 0. The zero-order valence-electron chi connectivity index (χ0n) is 12.3. The molecule has 0 bridgehead atoms. The number of ether oxygens (including phenoxy) is 1. The molecule has 1 fully saturated rings. The minimum Gasteiger partial charge on any atom is -0.375 e. The molecule has 0 aliphatic carbocycles. The molecule has 9 heteroatoms. The number of hydrogen-bond acceptors (Lipinski definition) is 4. The van der Waals surface area contributed by atoms with Gasteiger partial charge in [-0.15, -0.1) is 0 Å². The Balaban J connectivity index is 1.88. The van der Waals surface area contributed by atoms with E-state index in [1.807, 2.05) is 0 Å². The highest BCUT2D eigenvalue weighted by molar-refractivity contribution is 5.95. The highest BCUT2D eigenvalue weighted by Crippen LogP contribution is 2.19. The average Bonchev–Trinajstić information content (AvgIpc) is 2.53. The van der Waals surface area contributed by atoms with Gasteiger partial charge in [0.1, 0.15) is 6.04 Å². The Kier molecular flexibility index (Phi) is 5.56. The van der Waals surface area contributed by atoms with Crippen LogP contribution < -0.4 is 16.0 Å². The van der Waals surface area contributed by atoms with Gasteiger partial charge in [0.15, 0.2) is 17.5 Å². The molecule has 3 N–H and O–H groups in total. The molecule has 1 heterocycles. The number of hydrogen-bond donors (Lipinski definition) is 3. The molecule has 1 aromatic rings. The van der Waals surface area contributed by atoms with Gasteiger partial charge in [0.05, 0.1) is 24.9 Å². The summed E-state index contributed by atoms with van der Waals surface area (Å²) < 4.78 is 44.6. The molecule has 1 aromatic carbocycles. The second-order valence-electron chi connectivity index (χ2n) is 5.00. The first-order valence-corrected chi connectivity index (χ1v) is 6.96. The third kappa shape index (κ3) is 4.20. The van der Waals surface area contributed by atoms with Gasteiger partial charge in [-0.05, 0) is 19.1 Å². The van der Waals surface area contributed by atoms with Crippen molar-refractivity contribution in [2.45, 2.75) is 19.1 Å². The number of halogens is 3. The van der Waals surface area contributed by atoms with Crippen LogP contribution in [-0.2, 0) is 14.3 Å². The summed E-state index contributed by atoms with van der Waals surface area (Å²) in [4.78, 5) is 23.6. The second-order valence-corrected chi connectivity index (χ2v) is 5.00. The molecule has 0 spiro atoms. The van der Waals surface area contributed by atoms with E-state index in [-0.39, 0.29) is 6.10 Å². The van der Waals surface area contributed by atoms with E-state index in [1.54, 1.807) is 6.92 Å². The number of nitrogens with one attached hydrogen (secondary N) is 3. The third-order valence-corrected chi connectivity index (χ3v) is 3.33. The maximum absolute atomic E-state index is 13.4. The minimum absolute atomic E-state index is 0.351. The van der Waals surface area contributed by atoms with Crippen LogP contribution in [-0.4, -0.2) is 43.7 Å². The van der Waals surface area contributed by atoms with E-state index in [9.17, 15) is 22.8 Å². The fraction of sp³-hybridized carbons (Fsp3) is 0.429. The normalized spacial score (nSPS) is 20.9. The van der Waals surface area contributed by atoms with E-state index >= 15 is 0 Å². The van der Waals surface area contributed by atoms with Gasteiger partial charge in [-0.1, -0.05) is 0 Å². The van der Waals surface area contributed by atoms with Crippen molar-refractivity contribution in [3.05, 3.63) is 29.6 Å². The lowest BCUT2D eigenvalue weighted by Gasteiger charge is -2.29. The third-order valence-electron chi connectivity index (χ3n) is 3.33. The van der Waals surface area contributed by atoms with Crippen LogP contribution in [0.2, 0.25) is 0 Å². The number of anilines is 1. The van der Waals surface area contributed by atoms with Gasteiger partial charge < -0.3 is 20.7 Å². The fourth-order valence-electron chi connectivity index (χ4n) is 2.12. The molecular weight excluding hydrogens is 315 g/mol. The highest BCUT2D eigenvalue weighted by atomic mass is 19.2. The van der Waals surface area contributed by atoms with Crippen LogP contribution >= 0.6 is 0 Å². The molecule has 0 saturated carbocycles. The molecule has 2 amide bonds. The van der Waals surface area contributed by atoms with Crippen molar-refractivity contribution in [1.29, 1.82) is 0 Å². The molecule has 2 rings (SSSR count). The largest absolute Gasteiger partial charge is 0.375 e. The Hall–Kier alpha value is -2.13. The van der Waals surface area contributed by atoms with Crippen LogP contribution in [0.3, 0.4) is 0 Å². The number of rotatable bonds is 4. The van der Waals surface area contributed by atoms with Crippen LogP contribution in [0.15, 0.2) is 12.1 Å². The minimum atomic E-state index is -1.68. The van der Waals surface area contributed by atoms with Crippen molar-refractivity contribution in [2.24, 2.45) is 0 Å². The molecule has 1 aliphatic rings. The number of morpholine rings is 1. The lowest BCUT2D eigenvalue weighted by Crippen LogP contribution is -2.56. The van der Waals surface area contributed by atoms with Crippen LogP contribution in [0.1, 0.15) is 6.92 Å². The molecule has 0 radical (unpaired) electrons. The quantitative estimate of drug-likeness (QED) is 0.704. The summed E-state index contributed by atoms with van der Waals surface area (Å²) >= 11 is 0. The average molecular weight is 331 g/mol. The lowest BCUT2D eigenvalue weighted by molar-refractivity contribution is -0.130. The van der Waals surface area contributed by atoms with Crippen LogP contribution in [0.4, 0.5) is 18.9 Å². The Morgan fingerprint density at radius 2 is 2.04 bits per heavy atom. The number of amides is 2. The Bertz CT molecular complexity index is 612. The number of benzene rings is 1. The smallest absolute Gasteiger partial charge is 0.243 e. The zero-order chi connectivity index (χ0) is 17.0. The van der Waals surface area contributed by atoms with Crippen LogP contribution in [0, 0.1) is 17.5 Å². The fourth-order valence-corrected chi connectivity index (χ4v) is 2.12. The summed E-state index contributed by atoms with van der Waals surface area (Å²) in [5.74, 6) is -5.75. The molecule has 126 valence electrons. The predicted octanol–water partition coefficient (Wildman–Crippen LogP) is 0.535. The van der Waals surface area contributed by atoms with Crippen molar-refractivity contribution in [1.82, 2.24) is 10.6 Å². The maximum Gasteiger partial charge on any atom is 0.243 e. The lowest BCUT2D eigenvalue weighted by atomic mass is 10.1. The van der Waals surface area contributed by atoms with Gasteiger partial charge in [-0.3, -0.25) is 9.59 Å². The summed E-state index contributed by atoms with van der Waals surface area (Å²) in [5, 5.41) is 7.37. The van der Waals surface area contributed by atoms with Crippen molar-refractivity contribution < 1.29 is 27.5 Å². The van der Waals surface area contributed by atoms with E-state index in [2.05, 4.69) is 16.0 Å². The van der Waals surface area contributed by atoms with Gasteiger partial charge in [-0.25, -0.2) is 13.2 Å². The van der Waals surface area contributed by atoms with Gasteiger partial charge in [0.2, 0.25) is 11.8 Å². The van der Waals surface area contributed by atoms with Crippen molar-refractivity contribution >= 4 is 17.5 Å². The summed E-state index contributed by atoms with van der Waals surface area (Å²) in [6, 6.07) is 0.987. The number of carbonyl (C=O) groups excluding carboxylic acids is 2. The standard InChI is InChI=1S/C14H16F3N3O3/c1-7-13(18-4-5-23-7)14(22)19-6-10(21)20-9-3-2-8(15)11(16)12(9)17/h2-3,7,13,18H,4-6H2,1H3,(H,19,22)(H,20,21)/t7-,13+/m1/s1. The molecular formula is C14H16F3N3O3. The highest BCUT2D eigenvalue weighted by Gasteiger charge is 2.28. The second kappa shape index (κ2) is 7.42. The first-order valence-electron chi connectivity index (χ1n) is 6.96. The molecule has 0 unspecified atom stereocenters. The van der Waals surface area contributed by atoms with E-state index < -0.39 is 47.5 Å². The van der Waals surface area contributed by atoms with Gasteiger partial charge in [-0.2, -0.15) is 0 Å². The van der Waals surface area contributed by atoms with Crippen molar-refractivity contribution in [3.8, 4) is 0 Å². The van der Waals surface area contributed by atoms with Crippen LogP contribution in [0.5, 0.6) is 0 Å². The molecule has 0 aromatic heterocycles. The maximum atomic E-state index is 13.4. The van der Waals surface area contributed by atoms with Gasteiger partial charge in [0.25, 0.3) is 0 Å². The summed E-state index contributed by atoms with van der Waals surface area (Å²) in [6.45, 7) is 2.27. The summed E-state index contributed by atoms with van der Waals surface area (Å²) in [6.07, 6.45) is -0.351. The Labute approximate surface area is 130 Å². The summed E-state index contributed by atoms with van der Waals surface area (Å²) in [5.41, 5.74) is -0.504. The molecule has 6 nitrogen and oxygen atoms in total. The monoisotopic (exact) mass is 331 g/mol.